The molecule has 0 fully saturated rings. The van der Waals surface area contributed by atoms with Crippen molar-refractivity contribution in [3.8, 4) is 0 Å². The second-order valence-electron chi connectivity index (χ2n) is 7.29. The number of amides is 1. The van der Waals surface area contributed by atoms with Gasteiger partial charge in [0, 0.05) is 37.1 Å². The van der Waals surface area contributed by atoms with Gasteiger partial charge >= 0.3 is 0 Å². The number of ketones is 1. The molecule has 0 atom stereocenters. The molecule has 11 heteroatoms. The van der Waals surface area contributed by atoms with Crippen molar-refractivity contribution < 1.29 is 23.4 Å². The van der Waals surface area contributed by atoms with E-state index in [0.717, 1.165) is 0 Å². The number of Topliss-reactive ketones (excluding diaryl/α,β-unsaturated/α-hetero) is 1. The van der Waals surface area contributed by atoms with E-state index in [1.165, 1.54) is 24.4 Å². The second kappa shape index (κ2) is 11.6. The van der Waals surface area contributed by atoms with Crippen molar-refractivity contribution >= 4 is 17.4 Å². The summed E-state index contributed by atoms with van der Waals surface area (Å²) in [5.41, 5.74) is 0.466. The maximum absolute atomic E-state index is 13.5. The SMILES string of the molecule is O=C(CCCCCc1nc(C(=O)NCc2ncccc2F)no1)Cc1ccccc1[N+](=O)[O-]. The van der Waals surface area contributed by atoms with Gasteiger partial charge in [0.05, 0.1) is 17.2 Å². The van der Waals surface area contributed by atoms with Crippen LogP contribution in [0.3, 0.4) is 0 Å². The van der Waals surface area contributed by atoms with Crippen LogP contribution < -0.4 is 5.32 Å². The highest BCUT2D eigenvalue weighted by molar-refractivity contribution is 5.90. The molecule has 3 aromatic rings. The first-order valence-electron chi connectivity index (χ1n) is 10.4. The minimum Gasteiger partial charge on any atom is -0.343 e. The minimum atomic E-state index is -0.601. The fraction of sp³-hybridized carbons (Fsp3) is 0.318. The number of nitrogens with one attached hydrogen (secondary N) is 1. The van der Waals surface area contributed by atoms with E-state index < -0.39 is 16.6 Å². The quantitative estimate of drug-likeness (QED) is 0.249. The zero-order valence-corrected chi connectivity index (χ0v) is 17.7. The van der Waals surface area contributed by atoms with Gasteiger partial charge in [0.15, 0.2) is 0 Å². The number of nitrogens with zero attached hydrogens (tertiary/aromatic N) is 4. The van der Waals surface area contributed by atoms with Crippen LogP contribution in [0.5, 0.6) is 0 Å². The first kappa shape index (κ1) is 23.6. The third kappa shape index (κ3) is 6.99. The molecule has 2 aromatic heterocycles. The van der Waals surface area contributed by atoms with Gasteiger partial charge in [0.1, 0.15) is 11.6 Å². The Morgan fingerprint density at radius 1 is 1.12 bits per heavy atom. The molecule has 10 nitrogen and oxygen atoms in total. The number of benzene rings is 1. The molecule has 0 unspecified atom stereocenters. The lowest BCUT2D eigenvalue weighted by molar-refractivity contribution is -0.385. The molecular weight excluding hydrogens is 433 g/mol. The largest absolute Gasteiger partial charge is 0.343 e. The van der Waals surface area contributed by atoms with Crippen molar-refractivity contribution in [3.05, 3.63) is 81.5 Å². The summed E-state index contributed by atoms with van der Waals surface area (Å²) in [5.74, 6) is -1.05. The number of aromatic nitrogens is 3. The average molecular weight is 455 g/mol. The standard InChI is InChI=1S/C22H22FN5O5/c23-17-9-6-12-24-18(17)14-25-22(30)21-26-20(33-27-21)11-3-1-2-8-16(29)13-15-7-4-5-10-19(15)28(31)32/h4-7,9-10,12H,1-3,8,11,13-14H2,(H,25,30). The topological polar surface area (TPSA) is 141 Å². The van der Waals surface area contributed by atoms with Gasteiger partial charge in [0.25, 0.3) is 17.4 Å². The van der Waals surface area contributed by atoms with Gasteiger partial charge in [-0.25, -0.2) is 4.39 Å². The molecule has 1 aromatic carbocycles. The predicted molar refractivity (Wildman–Crippen MR) is 114 cm³/mol. The van der Waals surface area contributed by atoms with Crippen LogP contribution >= 0.6 is 0 Å². The number of nitro groups is 1. The number of carbonyl (C=O) groups is 2. The normalized spacial score (nSPS) is 10.7. The van der Waals surface area contributed by atoms with Crippen molar-refractivity contribution in [2.24, 2.45) is 0 Å². The summed E-state index contributed by atoms with van der Waals surface area (Å²) in [7, 11) is 0. The van der Waals surface area contributed by atoms with Crippen LogP contribution in [0.2, 0.25) is 0 Å². The number of hydrogen-bond donors (Lipinski definition) is 1. The molecule has 1 amide bonds. The number of pyridine rings is 1. The molecule has 0 spiro atoms. The Balaban J connectivity index is 1.36. The van der Waals surface area contributed by atoms with Gasteiger partial charge in [-0.1, -0.05) is 29.8 Å². The molecule has 0 bridgehead atoms. The van der Waals surface area contributed by atoms with Crippen molar-refractivity contribution in [2.45, 2.75) is 45.1 Å². The number of unbranched alkanes of at least 4 members (excludes halogenated alkanes) is 2. The smallest absolute Gasteiger partial charge is 0.293 e. The highest BCUT2D eigenvalue weighted by atomic mass is 19.1. The summed E-state index contributed by atoms with van der Waals surface area (Å²) in [6.45, 7) is -0.102. The second-order valence-corrected chi connectivity index (χ2v) is 7.29. The van der Waals surface area contributed by atoms with Gasteiger partial charge < -0.3 is 9.84 Å². The summed E-state index contributed by atoms with van der Waals surface area (Å²) in [4.78, 5) is 42.6. The van der Waals surface area contributed by atoms with Crippen LogP contribution in [-0.2, 0) is 24.2 Å². The first-order chi connectivity index (χ1) is 15.9. The summed E-state index contributed by atoms with van der Waals surface area (Å²) >= 11 is 0. The third-order valence-corrected chi connectivity index (χ3v) is 4.84. The molecule has 1 N–H and O–H groups in total. The van der Waals surface area contributed by atoms with E-state index in [4.69, 9.17) is 4.52 Å². The number of nitro benzene ring substituents is 1. The van der Waals surface area contributed by atoms with E-state index in [0.29, 0.717) is 37.7 Å². The molecule has 0 aliphatic carbocycles. The van der Waals surface area contributed by atoms with Crippen molar-refractivity contribution in [1.82, 2.24) is 20.4 Å². The Bertz CT molecular complexity index is 1130. The van der Waals surface area contributed by atoms with Gasteiger partial charge in [-0.2, -0.15) is 4.98 Å². The van der Waals surface area contributed by atoms with E-state index in [1.807, 2.05) is 0 Å². The van der Waals surface area contributed by atoms with E-state index in [2.05, 4.69) is 20.4 Å². The molecule has 0 aliphatic heterocycles. The van der Waals surface area contributed by atoms with E-state index >= 15 is 0 Å². The fourth-order valence-electron chi connectivity index (χ4n) is 3.15. The molecule has 33 heavy (non-hydrogen) atoms. The molecule has 0 saturated carbocycles. The number of carbonyl (C=O) groups excluding carboxylic acids is 2. The Kier molecular flexibility index (Phi) is 8.28. The summed E-state index contributed by atoms with van der Waals surface area (Å²) in [6, 6.07) is 8.92. The molecular formula is C22H22FN5O5. The number of hydrogen-bond acceptors (Lipinski definition) is 8. The van der Waals surface area contributed by atoms with Crippen LogP contribution in [0.15, 0.2) is 47.1 Å². The minimum absolute atomic E-state index is 0.0294. The zero-order chi connectivity index (χ0) is 23.6. The molecule has 0 radical (unpaired) electrons. The predicted octanol–water partition coefficient (Wildman–Crippen LogP) is 3.36. The summed E-state index contributed by atoms with van der Waals surface area (Å²) in [5, 5.41) is 17.1. The van der Waals surface area contributed by atoms with Crippen LogP contribution in [0.4, 0.5) is 10.1 Å². The van der Waals surface area contributed by atoms with Gasteiger partial charge in [-0.15, -0.1) is 0 Å². The molecule has 172 valence electrons. The van der Waals surface area contributed by atoms with Crippen LogP contribution in [0.1, 0.15) is 53.5 Å². The fourth-order valence-corrected chi connectivity index (χ4v) is 3.15. The number of aryl methyl sites for hydroxylation is 1. The average Bonchev–Trinajstić information content (AvgIpc) is 3.27. The number of para-hydroxylation sites is 1. The first-order valence-corrected chi connectivity index (χ1v) is 10.4. The Hall–Kier alpha value is -4.02. The van der Waals surface area contributed by atoms with Gasteiger partial charge in [-0.3, -0.25) is 24.7 Å². The zero-order valence-electron chi connectivity index (χ0n) is 17.7. The lowest BCUT2D eigenvalue weighted by atomic mass is 10.0. The van der Waals surface area contributed by atoms with Crippen LogP contribution in [0.25, 0.3) is 0 Å². The number of halogens is 1. The third-order valence-electron chi connectivity index (χ3n) is 4.84. The van der Waals surface area contributed by atoms with Crippen molar-refractivity contribution in [3.63, 3.8) is 0 Å². The molecule has 3 rings (SSSR count). The van der Waals surface area contributed by atoms with E-state index in [1.54, 1.807) is 18.2 Å². The highest BCUT2D eigenvalue weighted by Crippen LogP contribution is 2.19. The molecule has 2 heterocycles. The maximum atomic E-state index is 13.5. The van der Waals surface area contributed by atoms with Gasteiger partial charge in [0.2, 0.25) is 5.89 Å². The van der Waals surface area contributed by atoms with Crippen molar-refractivity contribution in [2.75, 3.05) is 0 Å². The Morgan fingerprint density at radius 2 is 1.94 bits per heavy atom. The van der Waals surface area contributed by atoms with Crippen LogP contribution in [-0.4, -0.2) is 31.7 Å². The monoisotopic (exact) mass is 455 g/mol. The number of rotatable bonds is 12. The van der Waals surface area contributed by atoms with Crippen molar-refractivity contribution in [1.29, 1.82) is 0 Å². The lowest BCUT2D eigenvalue weighted by Crippen LogP contribution is -2.25. The Morgan fingerprint density at radius 3 is 2.73 bits per heavy atom. The van der Waals surface area contributed by atoms with E-state index in [-0.39, 0.29) is 41.8 Å². The maximum Gasteiger partial charge on any atom is 0.293 e. The highest BCUT2D eigenvalue weighted by Gasteiger charge is 2.16. The molecule has 0 saturated heterocycles. The summed E-state index contributed by atoms with van der Waals surface area (Å²) < 4.78 is 18.6. The van der Waals surface area contributed by atoms with Crippen LogP contribution in [0, 0.1) is 15.9 Å². The molecule has 0 aliphatic rings. The van der Waals surface area contributed by atoms with Gasteiger partial charge in [-0.05, 0) is 25.0 Å². The Labute approximate surface area is 188 Å². The van der Waals surface area contributed by atoms with E-state index in [9.17, 15) is 24.1 Å². The summed E-state index contributed by atoms with van der Waals surface area (Å²) in [6.07, 6.45) is 4.21. The lowest BCUT2D eigenvalue weighted by Gasteiger charge is -2.03.